The van der Waals surface area contributed by atoms with Crippen LogP contribution in [-0.4, -0.2) is 41.3 Å². The van der Waals surface area contributed by atoms with Crippen LogP contribution < -0.4 is 5.32 Å². The molecule has 0 bridgehead atoms. The van der Waals surface area contributed by atoms with E-state index in [0.717, 1.165) is 19.5 Å². The lowest BCUT2D eigenvalue weighted by Crippen LogP contribution is -2.38. The average Bonchev–Trinajstić information content (AvgIpc) is 2.71. The Hall–Kier alpha value is -0.900. The summed E-state index contributed by atoms with van der Waals surface area (Å²) in [5, 5.41) is 12.6. The zero-order valence-corrected chi connectivity index (χ0v) is 12.0. The minimum absolute atomic E-state index is 0.268. The van der Waals surface area contributed by atoms with Crippen LogP contribution >= 0.6 is 0 Å². The third-order valence-corrected chi connectivity index (χ3v) is 4.01. The zero-order valence-electron chi connectivity index (χ0n) is 12.0. The molecule has 3 heteroatoms. The fourth-order valence-corrected chi connectivity index (χ4v) is 2.94. The number of aliphatic hydroxyl groups is 1. The van der Waals surface area contributed by atoms with Crippen molar-refractivity contribution < 1.29 is 5.11 Å². The summed E-state index contributed by atoms with van der Waals surface area (Å²) in [5.74, 6) is 0. The van der Waals surface area contributed by atoms with E-state index in [9.17, 15) is 0 Å². The van der Waals surface area contributed by atoms with Gasteiger partial charge in [-0.15, -0.1) is 0 Å². The maximum Gasteiger partial charge on any atom is 0.0445 e. The molecule has 0 spiro atoms. The number of hydrogen-bond acceptors (Lipinski definition) is 3. The van der Waals surface area contributed by atoms with Gasteiger partial charge in [-0.1, -0.05) is 30.3 Å². The van der Waals surface area contributed by atoms with Gasteiger partial charge in [0.05, 0.1) is 0 Å². The molecule has 3 unspecified atom stereocenters. The number of likely N-dealkylation sites (tertiary alicyclic amines) is 1. The Balaban J connectivity index is 1.84. The fraction of sp³-hybridized carbons (Fsp3) is 0.625. The quantitative estimate of drug-likeness (QED) is 0.823. The Kier molecular flexibility index (Phi) is 5.37. The molecule has 1 aromatic rings. The minimum atomic E-state index is 0.268. The van der Waals surface area contributed by atoms with E-state index >= 15 is 0 Å². The molecule has 3 atom stereocenters. The van der Waals surface area contributed by atoms with Gasteiger partial charge in [0.25, 0.3) is 0 Å². The molecule has 0 amide bonds. The SMILES string of the molecule is CC(CCO)NC1CC(C)N(Cc2ccccc2)C1. The van der Waals surface area contributed by atoms with Crippen LogP contribution in [0.1, 0.15) is 32.3 Å². The van der Waals surface area contributed by atoms with Crippen molar-refractivity contribution in [1.82, 2.24) is 10.2 Å². The van der Waals surface area contributed by atoms with Gasteiger partial charge in [0.2, 0.25) is 0 Å². The first-order valence-corrected chi connectivity index (χ1v) is 7.34. The van der Waals surface area contributed by atoms with Gasteiger partial charge in [0.1, 0.15) is 0 Å². The van der Waals surface area contributed by atoms with Crippen LogP contribution in [0.25, 0.3) is 0 Å². The molecule has 1 aliphatic heterocycles. The number of benzene rings is 1. The highest BCUT2D eigenvalue weighted by molar-refractivity contribution is 5.15. The van der Waals surface area contributed by atoms with E-state index in [1.807, 2.05) is 0 Å². The third kappa shape index (κ3) is 4.30. The van der Waals surface area contributed by atoms with Crippen molar-refractivity contribution in [2.24, 2.45) is 0 Å². The lowest BCUT2D eigenvalue weighted by atomic mass is 10.1. The average molecular weight is 262 g/mol. The van der Waals surface area contributed by atoms with Gasteiger partial charge in [0.15, 0.2) is 0 Å². The molecule has 3 nitrogen and oxygen atoms in total. The summed E-state index contributed by atoms with van der Waals surface area (Å²) in [6.45, 7) is 6.87. The summed E-state index contributed by atoms with van der Waals surface area (Å²) in [6.07, 6.45) is 2.03. The highest BCUT2D eigenvalue weighted by Gasteiger charge is 2.29. The van der Waals surface area contributed by atoms with Crippen LogP contribution in [0.5, 0.6) is 0 Å². The maximum atomic E-state index is 8.96. The molecule has 1 saturated heterocycles. The lowest BCUT2D eigenvalue weighted by Gasteiger charge is -2.21. The Labute approximate surface area is 116 Å². The lowest BCUT2D eigenvalue weighted by molar-refractivity contribution is 0.249. The van der Waals surface area contributed by atoms with E-state index < -0.39 is 0 Å². The van der Waals surface area contributed by atoms with Crippen LogP contribution in [0.15, 0.2) is 30.3 Å². The Morgan fingerprint density at radius 1 is 1.37 bits per heavy atom. The van der Waals surface area contributed by atoms with E-state index in [1.54, 1.807) is 0 Å². The van der Waals surface area contributed by atoms with Crippen molar-refractivity contribution in [2.45, 2.75) is 51.4 Å². The Bertz CT molecular complexity index is 368. The third-order valence-electron chi connectivity index (χ3n) is 4.01. The molecule has 0 aliphatic carbocycles. The highest BCUT2D eigenvalue weighted by atomic mass is 16.3. The van der Waals surface area contributed by atoms with Gasteiger partial charge in [0, 0.05) is 37.8 Å². The van der Waals surface area contributed by atoms with Crippen LogP contribution in [-0.2, 0) is 6.54 Å². The summed E-state index contributed by atoms with van der Waals surface area (Å²) in [7, 11) is 0. The van der Waals surface area contributed by atoms with Gasteiger partial charge in [-0.05, 0) is 32.3 Å². The topological polar surface area (TPSA) is 35.5 Å². The molecule has 2 N–H and O–H groups in total. The van der Waals surface area contributed by atoms with Gasteiger partial charge >= 0.3 is 0 Å². The smallest absolute Gasteiger partial charge is 0.0445 e. The fourth-order valence-electron chi connectivity index (χ4n) is 2.94. The van der Waals surface area contributed by atoms with E-state index in [-0.39, 0.29) is 6.61 Å². The first-order valence-electron chi connectivity index (χ1n) is 7.34. The van der Waals surface area contributed by atoms with Crippen LogP contribution in [0.4, 0.5) is 0 Å². The molecule has 1 aliphatic rings. The van der Waals surface area contributed by atoms with Crippen molar-refractivity contribution >= 4 is 0 Å². The van der Waals surface area contributed by atoms with E-state index in [4.69, 9.17) is 5.11 Å². The molecule has 19 heavy (non-hydrogen) atoms. The van der Waals surface area contributed by atoms with Crippen molar-refractivity contribution in [1.29, 1.82) is 0 Å². The molecular weight excluding hydrogens is 236 g/mol. The largest absolute Gasteiger partial charge is 0.396 e. The Morgan fingerprint density at radius 2 is 2.11 bits per heavy atom. The molecule has 1 aromatic carbocycles. The molecule has 106 valence electrons. The first-order chi connectivity index (χ1) is 9.19. The molecule has 0 aromatic heterocycles. The summed E-state index contributed by atoms with van der Waals surface area (Å²) < 4.78 is 0. The zero-order chi connectivity index (χ0) is 13.7. The predicted molar refractivity (Wildman–Crippen MR) is 79.0 cm³/mol. The second-order valence-corrected chi connectivity index (χ2v) is 5.78. The van der Waals surface area contributed by atoms with E-state index in [0.29, 0.717) is 18.1 Å². The molecule has 1 fully saturated rings. The summed E-state index contributed by atoms with van der Waals surface area (Å²) in [6, 6.07) is 12.3. The molecular formula is C16H26N2O. The number of rotatable bonds is 6. The Morgan fingerprint density at radius 3 is 2.79 bits per heavy atom. The van der Waals surface area contributed by atoms with Crippen molar-refractivity contribution in [3.63, 3.8) is 0 Å². The van der Waals surface area contributed by atoms with Crippen molar-refractivity contribution in [3.8, 4) is 0 Å². The second-order valence-electron chi connectivity index (χ2n) is 5.78. The normalized spacial score (nSPS) is 25.6. The van der Waals surface area contributed by atoms with Crippen LogP contribution in [0.2, 0.25) is 0 Å². The van der Waals surface area contributed by atoms with Gasteiger partial charge < -0.3 is 10.4 Å². The molecule has 2 rings (SSSR count). The minimum Gasteiger partial charge on any atom is -0.396 e. The van der Waals surface area contributed by atoms with E-state index in [2.05, 4.69) is 54.4 Å². The summed E-state index contributed by atoms with van der Waals surface area (Å²) >= 11 is 0. The van der Waals surface area contributed by atoms with Gasteiger partial charge in [-0.3, -0.25) is 4.90 Å². The van der Waals surface area contributed by atoms with Crippen LogP contribution in [0, 0.1) is 0 Å². The highest BCUT2D eigenvalue weighted by Crippen LogP contribution is 2.20. The first kappa shape index (κ1) is 14.5. The number of nitrogens with one attached hydrogen (secondary N) is 1. The van der Waals surface area contributed by atoms with Gasteiger partial charge in [-0.25, -0.2) is 0 Å². The number of aliphatic hydroxyl groups excluding tert-OH is 1. The second kappa shape index (κ2) is 7.04. The molecule has 1 heterocycles. The van der Waals surface area contributed by atoms with E-state index in [1.165, 1.54) is 12.0 Å². The summed E-state index contributed by atoms with van der Waals surface area (Å²) in [4.78, 5) is 2.54. The number of hydrogen-bond donors (Lipinski definition) is 2. The van der Waals surface area contributed by atoms with Crippen molar-refractivity contribution in [3.05, 3.63) is 35.9 Å². The monoisotopic (exact) mass is 262 g/mol. The molecule has 0 radical (unpaired) electrons. The predicted octanol–water partition coefficient (Wildman–Crippen LogP) is 2.01. The standard InChI is InChI=1S/C16H26N2O/c1-13(8-9-19)17-16-10-14(2)18(12-16)11-15-6-4-3-5-7-15/h3-7,13-14,16-17,19H,8-12H2,1-2H3. The van der Waals surface area contributed by atoms with Crippen LogP contribution in [0.3, 0.4) is 0 Å². The summed E-state index contributed by atoms with van der Waals surface area (Å²) in [5.41, 5.74) is 1.39. The molecule has 0 saturated carbocycles. The van der Waals surface area contributed by atoms with Crippen molar-refractivity contribution in [2.75, 3.05) is 13.2 Å². The number of nitrogens with zero attached hydrogens (tertiary/aromatic N) is 1. The van der Waals surface area contributed by atoms with Gasteiger partial charge in [-0.2, -0.15) is 0 Å². The maximum absolute atomic E-state index is 8.96.